The fourth-order valence-corrected chi connectivity index (χ4v) is 8.70. The molecule has 0 aliphatic carbocycles. The molecule has 2 aromatic carbocycles. The molecule has 0 aromatic heterocycles. The average Bonchev–Trinajstić information content (AvgIpc) is 3.05. The van der Waals surface area contributed by atoms with Crippen LogP contribution in [-0.2, 0) is 9.84 Å². The predicted octanol–water partition coefficient (Wildman–Crippen LogP) is 7.29. The van der Waals surface area contributed by atoms with Crippen LogP contribution in [0.3, 0.4) is 0 Å². The monoisotopic (exact) mass is 600 g/mol. The van der Waals surface area contributed by atoms with Crippen LogP contribution in [0, 0.1) is 5.41 Å². The lowest BCUT2D eigenvalue weighted by Gasteiger charge is -2.40. The lowest BCUT2D eigenvalue weighted by Crippen LogP contribution is -2.43. The number of rotatable bonds is 17. The van der Waals surface area contributed by atoms with Gasteiger partial charge in [-0.25, -0.2) is 8.42 Å². The summed E-state index contributed by atoms with van der Waals surface area (Å²) in [6.07, 6.45) is 7.62. The maximum atomic E-state index is 14.0. The Morgan fingerprint density at radius 3 is 2.10 bits per heavy atom. The lowest BCUT2D eigenvalue weighted by atomic mass is 9.68. The summed E-state index contributed by atoms with van der Waals surface area (Å²) >= 11 is 0. The predicted molar refractivity (Wildman–Crippen MR) is 176 cm³/mol. The Morgan fingerprint density at radius 2 is 1.52 bits per heavy atom. The molecule has 0 bridgehead atoms. The van der Waals surface area contributed by atoms with E-state index in [1.54, 1.807) is 6.07 Å². The minimum atomic E-state index is -3.61. The number of ether oxygens (including phenoxy) is 1. The molecule has 6 nitrogen and oxygen atoms in total. The van der Waals surface area contributed by atoms with Crippen LogP contribution in [0.2, 0.25) is 0 Å². The quantitative estimate of drug-likeness (QED) is 0.192. The van der Waals surface area contributed by atoms with Crippen molar-refractivity contribution in [2.75, 3.05) is 51.0 Å². The normalized spacial score (nSPS) is 19.3. The molecular weight excluding hydrogens is 544 g/mol. The number of aliphatic hydroxyl groups is 1. The van der Waals surface area contributed by atoms with Crippen molar-refractivity contribution in [3.05, 3.63) is 53.6 Å². The molecule has 2 atom stereocenters. The molecule has 0 saturated heterocycles. The van der Waals surface area contributed by atoms with Gasteiger partial charge in [-0.2, -0.15) is 0 Å². The van der Waals surface area contributed by atoms with E-state index >= 15 is 0 Å². The van der Waals surface area contributed by atoms with Gasteiger partial charge in [0.15, 0.2) is 9.84 Å². The summed E-state index contributed by atoms with van der Waals surface area (Å²) in [6.45, 7) is 12.7. The van der Waals surface area contributed by atoms with Crippen LogP contribution < -0.4 is 9.64 Å². The molecule has 3 rings (SSSR count). The number of fused-ring (bicyclic) bond motifs is 1. The molecule has 0 saturated carbocycles. The molecule has 2 aromatic rings. The van der Waals surface area contributed by atoms with Gasteiger partial charge in [-0.3, -0.25) is 0 Å². The number of benzene rings is 2. The Hall–Kier alpha value is -2.09. The summed E-state index contributed by atoms with van der Waals surface area (Å²) in [6, 6.07) is 13.6. The second-order valence-electron chi connectivity index (χ2n) is 12.4. The first-order valence-electron chi connectivity index (χ1n) is 16.3. The Labute approximate surface area is 256 Å². The Morgan fingerprint density at radius 1 is 0.881 bits per heavy atom. The third-order valence-corrected chi connectivity index (χ3v) is 11.2. The van der Waals surface area contributed by atoms with Gasteiger partial charge in [-0.15, -0.1) is 0 Å². The van der Waals surface area contributed by atoms with E-state index in [1.165, 1.54) is 6.42 Å². The molecule has 236 valence electrons. The third kappa shape index (κ3) is 8.51. The largest absolute Gasteiger partial charge is 0.494 e. The Bertz CT molecular complexity index is 1180. The third-order valence-electron chi connectivity index (χ3n) is 9.18. The van der Waals surface area contributed by atoms with Crippen LogP contribution >= 0.6 is 0 Å². The van der Waals surface area contributed by atoms with E-state index in [9.17, 15) is 13.5 Å². The molecule has 0 radical (unpaired) electrons. The first kappa shape index (κ1) is 34.4. The minimum Gasteiger partial charge on any atom is -0.494 e. The number of anilines is 1. The number of unbranched alkanes of at least 4 members (excludes halogenated alkanes) is 4. The van der Waals surface area contributed by atoms with Gasteiger partial charge in [0.05, 0.1) is 23.4 Å². The number of sulfone groups is 1. The fourth-order valence-electron chi connectivity index (χ4n) is 6.51. The van der Waals surface area contributed by atoms with Crippen molar-refractivity contribution in [3.63, 3.8) is 0 Å². The van der Waals surface area contributed by atoms with Gasteiger partial charge in [-0.1, -0.05) is 65.5 Å². The standard InChI is InChI=1S/C35H56N2O4S/c1-7-11-22-35(23-12-8-2)27-42(39,40)32-21-18-29(36(5)6)26-31(32)33(34(35)38)28-16-19-30(20-17-28)41-25-15-13-14-24-37(9-3)10-4/h16-21,26,33-34,38H,7-15,22-25,27H2,1-6H3/t33-,34?/m1/s1. The molecule has 1 heterocycles. The molecule has 42 heavy (non-hydrogen) atoms. The zero-order valence-electron chi connectivity index (χ0n) is 27.1. The molecule has 1 aliphatic heterocycles. The van der Waals surface area contributed by atoms with Crippen LogP contribution in [0.15, 0.2) is 47.4 Å². The summed E-state index contributed by atoms with van der Waals surface area (Å²) in [5.41, 5.74) is 1.86. The minimum absolute atomic E-state index is 0.0125. The molecular formula is C35H56N2O4S. The zero-order chi connectivity index (χ0) is 30.8. The second-order valence-corrected chi connectivity index (χ2v) is 14.3. The van der Waals surface area contributed by atoms with Gasteiger partial charge >= 0.3 is 0 Å². The van der Waals surface area contributed by atoms with E-state index in [-0.39, 0.29) is 5.75 Å². The summed E-state index contributed by atoms with van der Waals surface area (Å²) in [5.74, 6) is 0.352. The van der Waals surface area contributed by atoms with Crippen molar-refractivity contribution in [1.29, 1.82) is 0 Å². The van der Waals surface area contributed by atoms with Crippen LogP contribution in [0.4, 0.5) is 5.69 Å². The SMILES string of the molecule is CCCCC1(CCCC)CS(=O)(=O)c2ccc(N(C)C)cc2[C@@H](c2ccc(OCCCCCN(CC)CC)cc2)C1O. The summed E-state index contributed by atoms with van der Waals surface area (Å²) in [5, 5.41) is 12.3. The van der Waals surface area contributed by atoms with Crippen LogP contribution in [0.1, 0.15) is 103 Å². The van der Waals surface area contributed by atoms with Gasteiger partial charge in [0.25, 0.3) is 0 Å². The van der Waals surface area contributed by atoms with Gasteiger partial charge in [0.2, 0.25) is 0 Å². The average molecular weight is 601 g/mol. The summed E-state index contributed by atoms with van der Waals surface area (Å²) < 4.78 is 34.1. The van der Waals surface area contributed by atoms with E-state index in [4.69, 9.17) is 4.74 Å². The Balaban J connectivity index is 1.92. The van der Waals surface area contributed by atoms with E-state index in [2.05, 4.69) is 32.6 Å². The molecule has 0 fully saturated rings. The van der Waals surface area contributed by atoms with Crippen molar-refractivity contribution in [1.82, 2.24) is 4.90 Å². The van der Waals surface area contributed by atoms with Crippen molar-refractivity contribution < 1.29 is 18.3 Å². The molecule has 0 amide bonds. The van der Waals surface area contributed by atoms with Gasteiger partial charge in [0.1, 0.15) is 5.75 Å². The highest BCUT2D eigenvalue weighted by Crippen LogP contribution is 2.50. The summed E-state index contributed by atoms with van der Waals surface area (Å²) in [7, 11) is 0.312. The fraction of sp³-hybridized carbons (Fsp3) is 0.657. The number of hydrogen-bond acceptors (Lipinski definition) is 6. The Kier molecular flexibility index (Phi) is 13.2. The van der Waals surface area contributed by atoms with Gasteiger partial charge in [-0.05, 0) is 93.2 Å². The smallest absolute Gasteiger partial charge is 0.179 e. The van der Waals surface area contributed by atoms with Crippen molar-refractivity contribution in [2.24, 2.45) is 5.41 Å². The first-order valence-corrected chi connectivity index (χ1v) is 17.9. The van der Waals surface area contributed by atoms with E-state index < -0.39 is 27.3 Å². The zero-order valence-corrected chi connectivity index (χ0v) is 27.9. The van der Waals surface area contributed by atoms with E-state index in [0.717, 1.165) is 75.2 Å². The van der Waals surface area contributed by atoms with Crippen LogP contribution in [0.5, 0.6) is 5.75 Å². The van der Waals surface area contributed by atoms with Gasteiger partial charge in [0, 0.05) is 31.1 Å². The van der Waals surface area contributed by atoms with Crippen LogP contribution in [0.25, 0.3) is 0 Å². The van der Waals surface area contributed by atoms with Crippen molar-refractivity contribution >= 4 is 15.5 Å². The molecule has 1 aliphatic rings. The molecule has 1 N–H and O–H groups in total. The van der Waals surface area contributed by atoms with Crippen molar-refractivity contribution in [2.45, 2.75) is 102 Å². The van der Waals surface area contributed by atoms with E-state index in [0.29, 0.717) is 29.9 Å². The van der Waals surface area contributed by atoms with Crippen molar-refractivity contribution in [3.8, 4) is 5.75 Å². The topological polar surface area (TPSA) is 70.1 Å². The maximum absolute atomic E-state index is 14.0. The first-order chi connectivity index (χ1) is 20.1. The maximum Gasteiger partial charge on any atom is 0.179 e. The lowest BCUT2D eigenvalue weighted by molar-refractivity contribution is 0.0127. The molecule has 7 heteroatoms. The van der Waals surface area contributed by atoms with E-state index in [1.807, 2.05) is 55.4 Å². The summed E-state index contributed by atoms with van der Waals surface area (Å²) in [4.78, 5) is 4.80. The van der Waals surface area contributed by atoms with Crippen LogP contribution in [-0.4, -0.2) is 70.6 Å². The highest BCUT2D eigenvalue weighted by Gasteiger charge is 2.49. The van der Waals surface area contributed by atoms with Gasteiger partial charge < -0.3 is 19.6 Å². The second kappa shape index (κ2) is 16.1. The highest BCUT2D eigenvalue weighted by atomic mass is 32.2. The molecule has 1 unspecified atom stereocenters. The number of nitrogens with zero attached hydrogens (tertiary/aromatic N) is 2. The number of aliphatic hydroxyl groups excluding tert-OH is 1. The number of hydrogen-bond donors (Lipinski definition) is 1. The molecule has 0 spiro atoms. The highest BCUT2D eigenvalue weighted by molar-refractivity contribution is 7.91.